The summed E-state index contributed by atoms with van der Waals surface area (Å²) in [5.41, 5.74) is 0. The third-order valence-corrected chi connectivity index (χ3v) is 4.12. The van der Waals surface area contributed by atoms with Gasteiger partial charge in [0.05, 0.1) is 4.90 Å². The van der Waals surface area contributed by atoms with E-state index in [1.807, 2.05) is 0 Å². The first-order valence-corrected chi connectivity index (χ1v) is 7.98. The molecule has 0 aromatic carbocycles. The molecular weight excluding hydrogens is 306 g/mol. The Bertz CT molecular complexity index is 512. The normalized spacial score (nSPS) is 17.2. The van der Waals surface area contributed by atoms with Crippen molar-refractivity contribution >= 4 is 31.6 Å². The van der Waals surface area contributed by atoms with Gasteiger partial charge in [0.15, 0.2) is 9.84 Å². The van der Waals surface area contributed by atoms with Gasteiger partial charge in [-0.2, -0.15) is 0 Å². The van der Waals surface area contributed by atoms with Gasteiger partial charge in [-0.25, -0.2) is 13.4 Å². The van der Waals surface area contributed by atoms with E-state index in [1.54, 1.807) is 6.07 Å². The lowest BCUT2D eigenvalue weighted by atomic mass is 10.3. The largest absolute Gasteiger partial charge is 0.354 e. The lowest BCUT2D eigenvalue weighted by Gasteiger charge is -2.28. The zero-order chi connectivity index (χ0) is 12.5. The van der Waals surface area contributed by atoms with Gasteiger partial charge < -0.3 is 10.2 Å². The highest BCUT2D eigenvalue weighted by molar-refractivity contribution is 9.10. The molecule has 0 aliphatic carbocycles. The summed E-state index contributed by atoms with van der Waals surface area (Å²) in [6, 6.07) is 3.16. The number of halogens is 1. The highest BCUT2D eigenvalue weighted by Crippen LogP contribution is 2.22. The third-order valence-electron chi connectivity index (χ3n) is 2.62. The van der Waals surface area contributed by atoms with E-state index in [-0.39, 0.29) is 0 Å². The van der Waals surface area contributed by atoms with Crippen molar-refractivity contribution in [3.8, 4) is 0 Å². The molecule has 0 saturated carbocycles. The van der Waals surface area contributed by atoms with Crippen LogP contribution in [-0.2, 0) is 9.84 Å². The van der Waals surface area contributed by atoms with E-state index < -0.39 is 9.84 Å². The standard InChI is InChI=1S/C10H14BrN3O2S/c1-17(15,16)8-6-9(11)13-10(7-8)14-4-2-12-3-5-14/h6-7,12H,2-5H2,1H3. The topological polar surface area (TPSA) is 62.3 Å². The van der Waals surface area contributed by atoms with Gasteiger partial charge >= 0.3 is 0 Å². The van der Waals surface area contributed by atoms with Crippen molar-refractivity contribution in [3.63, 3.8) is 0 Å². The Morgan fingerprint density at radius 1 is 1.35 bits per heavy atom. The molecule has 1 N–H and O–H groups in total. The van der Waals surface area contributed by atoms with Crippen molar-refractivity contribution in [1.29, 1.82) is 0 Å². The predicted octanol–water partition coefficient (Wildman–Crippen LogP) is 0.657. The Morgan fingerprint density at radius 2 is 2.00 bits per heavy atom. The van der Waals surface area contributed by atoms with Gasteiger partial charge in [0.1, 0.15) is 10.4 Å². The fourth-order valence-electron chi connectivity index (χ4n) is 1.73. The number of aromatic nitrogens is 1. The Morgan fingerprint density at radius 3 is 2.59 bits per heavy atom. The predicted molar refractivity (Wildman–Crippen MR) is 70.1 cm³/mol. The number of anilines is 1. The molecule has 2 rings (SSSR count). The van der Waals surface area contributed by atoms with E-state index in [2.05, 4.69) is 31.1 Å². The summed E-state index contributed by atoms with van der Waals surface area (Å²) < 4.78 is 23.6. The van der Waals surface area contributed by atoms with Gasteiger partial charge in [-0.15, -0.1) is 0 Å². The van der Waals surface area contributed by atoms with Crippen LogP contribution in [0.5, 0.6) is 0 Å². The number of nitrogens with one attached hydrogen (secondary N) is 1. The fraction of sp³-hybridized carbons (Fsp3) is 0.500. The summed E-state index contributed by atoms with van der Waals surface area (Å²) in [5, 5.41) is 3.24. The van der Waals surface area contributed by atoms with Gasteiger partial charge in [-0.05, 0) is 28.1 Å². The van der Waals surface area contributed by atoms with E-state index >= 15 is 0 Å². The molecule has 0 amide bonds. The van der Waals surface area contributed by atoms with E-state index in [1.165, 1.54) is 12.3 Å². The smallest absolute Gasteiger partial charge is 0.175 e. The number of hydrogen-bond donors (Lipinski definition) is 1. The van der Waals surface area contributed by atoms with E-state index in [9.17, 15) is 8.42 Å². The quantitative estimate of drug-likeness (QED) is 0.811. The average molecular weight is 320 g/mol. The Hall–Kier alpha value is -0.660. The molecular formula is C10H14BrN3O2S. The number of pyridine rings is 1. The van der Waals surface area contributed by atoms with E-state index in [0.717, 1.165) is 26.2 Å². The molecule has 94 valence electrons. The summed E-state index contributed by atoms with van der Waals surface area (Å²) in [5.74, 6) is 0.710. The van der Waals surface area contributed by atoms with Crippen molar-refractivity contribution in [2.45, 2.75) is 4.90 Å². The van der Waals surface area contributed by atoms with Crippen LogP contribution in [0.4, 0.5) is 5.82 Å². The van der Waals surface area contributed by atoms with Crippen molar-refractivity contribution in [2.24, 2.45) is 0 Å². The summed E-state index contributed by atoms with van der Waals surface area (Å²) >= 11 is 3.25. The van der Waals surface area contributed by atoms with Crippen LogP contribution < -0.4 is 10.2 Å². The average Bonchev–Trinajstić information content (AvgIpc) is 2.28. The van der Waals surface area contributed by atoms with Crippen LogP contribution in [0.15, 0.2) is 21.6 Å². The van der Waals surface area contributed by atoms with Crippen molar-refractivity contribution in [2.75, 3.05) is 37.3 Å². The third kappa shape index (κ3) is 3.17. The molecule has 1 aromatic rings. The van der Waals surface area contributed by atoms with Crippen LogP contribution >= 0.6 is 15.9 Å². The fourth-order valence-corrected chi connectivity index (χ4v) is 2.96. The summed E-state index contributed by atoms with van der Waals surface area (Å²) in [6.07, 6.45) is 1.20. The Kier molecular flexibility index (Phi) is 3.70. The first-order valence-electron chi connectivity index (χ1n) is 5.30. The molecule has 2 heterocycles. The lowest BCUT2D eigenvalue weighted by molar-refractivity contribution is 0.583. The second kappa shape index (κ2) is 4.91. The molecule has 0 bridgehead atoms. The molecule has 1 saturated heterocycles. The number of sulfone groups is 1. The summed E-state index contributed by atoms with van der Waals surface area (Å²) in [7, 11) is -3.20. The number of hydrogen-bond acceptors (Lipinski definition) is 5. The van der Waals surface area contributed by atoms with Gasteiger partial charge in [0.2, 0.25) is 0 Å². The van der Waals surface area contributed by atoms with Crippen LogP contribution in [0.3, 0.4) is 0 Å². The SMILES string of the molecule is CS(=O)(=O)c1cc(Br)nc(N2CCNCC2)c1. The first kappa shape index (κ1) is 12.8. The second-order valence-corrected chi connectivity index (χ2v) is 6.82. The van der Waals surface area contributed by atoms with Crippen LogP contribution in [0.1, 0.15) is 0 Å². The van der Waals surface area contributed by atoms with Crippen LogP contribution in [0, 0.1) is 0 Å². The van der Waals surface area contributed by atoms with Crippen molar-refractivity contribution in [3.05, 3.63) is 16.7 Å². The van der Waals surface area contributed by atoms with Gasteiger partial charge in [0, 0.05) is 32.4 Å². The van der Waals surface area contributed by atoms with E-state index in [4.69, 9.17) is 0 Å². The molecule has 5 nitrogen and oxygen atoms in total. The van der Waals surface area contributed by atoms with Crippen molar-refractivity contribution < 1.29 is 8.42 Å². The molecule has 7 heteroatoms. The maximum Gasteiger partial charge on any atom is 0.175 e. The second-order valence-electron chi connectivity index (χ2n) is 3.99. The Balaban J connectivity index is 2.37. The molecule has 0 spiro atoms. The lowest BCUT2D eigenvalue weighted by Crippen LogP contribution is -2.43. The minimum absolute atomic E-state index is 0.299. The highest BCUT2D eigenvalue weighted by Gasteiger charge is 2.16. The molecule has 1 fully saturated rings. The minimum atomic E-state index is -3.20. The molecule has 0 atom stereocenters. The zero-order valence-corrected chi connectivity index (χ0v) is 11.9. The minimum Gasteiger partial charge on any atom is -0.354 e. The highest BCUT2D eigenvalue weighted by atomic mass is 79.9. The van der Waals surface area contributed by atoms with Gasteiger partial charge in [-0.1, -0.05) is 0 Å². The zero-order valence-electron chi connectivity index (χ0n) is 9.48. The van der Waals surface area contributed by atoms with Crippen LogP contribution in [0.2, 0.25) is 0 Å². The maximum atomic E-state index is 11.5. The van der Waals surface area contributed by atoms with Crippen molar-refractivity contribution in [1.82, 2.24) is 10.3 Å². The molecule has 17 heavy (non-hydrogen) atoms. The summed E-state index contributed by atoms with van der Waals surface area (Å²) in [6.45, 7) is 3.46. The van der Waals surface area contributed by atoms with Gasteiger partial charge in [-0.3, -0.25) is 0 Å². The van der Waals surface area contributed by atoms with Crippen LogP contribution in [-0.4, -0.2) is 45.8 Å². The Labute approximate surface area is 109 Å². The molecule has 0 radical (unpaired) electrons. The maximum absolute atomic E-state index is 11.5. The molecule has 1 aliphatic rings. The molecule has 1 aromatic heterocycles. The molecule has 1 aliphatic heterocycles. The number of nitrogens with zero attached hydrogens (tertiary/aromatic N) is 2. The monoisotopic (exact) mass is 319 g/mol. The van der Waals surface area contributed by atoms with Gasteiger partial charge in [0.25, 0.3) is 0 Å². The first-order chi connectivity index (χ1) is 7.97. The number of piperazine rings is 1. The molecule has 0 unspecified atom stereocenters. The summed E-state index contributed by atoms with van der Waals surface area (Å²) in [4.78, 5) is 6.70. The van der Waals surface area contributed by atoms with E-state index in [0.29, 0.717) is 15.3 Å². The number of rotatable bonds is 2. The van der Waals surface area contributed by atoms with Crippen LogP contribution in [0.25, 0.3) is 0 Å².